The van der Waals surface area contributed by atoms with Gasteiger partial charge in [0.05, 0.1) is 5.69 Å². The number of ether oxygens (including phenoxy) is 1. The summed E-state index contributed by atoms with van der Waals surface area (Å²) in [6, 6.07) is 16.3. The summed E-state index contributed by atoms with van der Waals surface area (Å²) >= 11 is 1.44. The SMILES string of the molecule is CCC(C)c1cc(-c2csc3nc(C(=O)O)cn23)ccc1OCc1ccccc1. The summed E-state index contributed by atoms with van der Waals surface area (Å²) in [5.41, 5.74) is 4.30. The molecule has 29 heavy (non-hydrogen) atoms. The van der Waals surface area contributed by atoms with E-state index >= 15 is 0 Å². The largest absolute Gasteiger partial charge is 0.489 e. The first-order valence-corrected chi connectivity index (χ1v) is 10.5. The fraction of sp³-hybridized carbons (Fsp3) is 0.217. The lowest BCUT2D eigenvalue weighted by Crippen LogP contribution is -2.01. The molecule has 5 nitrogen and oxygen atoms in total. The third kappa shape index (κ3) is 3.89. The number of rotatable bonds is 7. The van der Waals surface area contributed by atoms with Crippen molar-refractivity contribution >= 4 is 22.3 Å². The van der Waals surface area contributed by atoms with Gasteiger partial charge in [0.25, 0.3) is 0 Å². The lowest BCUT2D eigenvalue weighted by Gasteiger charge is -2.17. The van der Waals surface area contributed by atoms with E-state index in [1.807, 2.05) is 40.1 Å². The van der Waals surface area contributed by atoms with Crippen LogP contribution in [0.5, 0.6) is 5.75 Å². The molecule has 1 unspecified atom stereocenters. The Kier molecular flexibility index (Phi) is 5.36. The van der Waals surface area contributed by atoms with E-state index in [1.54, 1.807) is 6.20 Å². The quantitative estimate of drug-likeness (QED) is 0.418. The Morgan fingerprint density at radius 3 is 2.76 bits per heavy atom. The molecule has 0 amide bonds. The van der Waals surface area contributed by atoms with Crippen molar-refractivity contribution in [3.05, 3.63) is 76.9 Å². The number of hydrogen-bond acceptors (Lipinski definition) is 4. The number of benzene rings is 2. The highest BCUT2D eigenvalue weighted by Gasteiger charge is 2.17. The normalized spacial score (nSPS) is 12.2. The summed E-state index contributed by atoms with van der Waals surface area (Å²) in [7, 11) is 0. The smallest absolute Gasteiger partial charge is 0.356 e. The minimum atomic E-state index is -1.02. The van der Waals surface area contributed by atoms with Crippen molar-refractivity contribution in [2.24, 2.45) is 0 Å². The van der Waals surface area contributed by atoms with E-state index in [0.717, 1.165) is 34.6 Å². The van der Waals surface area contributed by atoms with Crippen LogP contribution in [0, 0.1) is 0 Å². The van der Waals surface area contributed by atoms with Crippen LogP contribution in [0.3, 0.4) is 0 Å². The Hall–Kier alpha value is -3.12. The van der Waals surface area contributed by atoms with Crippen LogP contribution in [0.15, 0.2) is 60.1 Å². The van der Waals surface area contributed by atoms with E-state index in [2.05, 4.69) is 37.0 Å². The minimum Gasteiger partial charge on any atom is -0.489 e. The fourth-order valence-electron chi connectivity index (χ4n) is 3.27. The maximum atomic E-state index is 11.2. The number of aromatic nitrogens is 2. The number of aromatic carboxylic acids is 1. The van der Waals surface area contributed by atoms with Crippen molar-refractivity contribution in [2.45, 2.75) is 32.8 Å². The number of fused-ring (bicyclic) bond motifs is 1. The van der Waals surface area contributed by atoms with Crippen LogP contribution in [0.2, 0.25) is 0 Å². The highest BCUT2D eigenvalue weighted by atomic mass is 32.1. The molecule has 0 saturated carbocycles. The van der Waals surface area contributed by atoms with E-state index in [4.69, 9.17) is 4.74 Å². The van der Waals surface area contributed by atoms with Gasteiger partial charge in [0.15, 0.2) is 10.7 Å². The summed E-state index contributed by atoms with van der Waals surface area (Å²) < 4.78 is 7.99. The number of carboxylic acids is 1. The first kappa shape index (κ1) is 19.2. The molecule has 2 heterocycles. The minimum absolute atomic E-state index is 0.0584. The maximum absolute atomic E-state index is 11.2. The molecule has 0 bridgehead atoms. The topological polar surface area (TPSA) is 63.8 Å². The van der Waals surface area contributed by atoms with Crippen LogP contribution in [0.4, 0.5) is 0 Å². The maximum Gasteiger partial charge on any atom is 0.356 e. The summed E-state index contributed by atoms with van der Waals surface area (Å²) in [6.07, 6.45) is 2.57. The van der Waals surface area contributed by atoms with Crippen LogP contribution in [-0.4, -0.2) is 20.5 Å². The van der Waals surface area contributed by atoms with Crippen LogP contribution >= 0.6 is 11.3 Å². The second-order valence-corrected chi connectivity index (χ2v) is 7.88. The number of imidazole rings is 1. The van der Waals surface area contributed by atoms with Gasteiger partial charge in [-0.1, -0.05) is 44.2 Å². The van der Waals surface area contributed by atoms with Crippen molar-refractivity contribution in [3.63, 3.8) is 0 Å². The van der Waals surface area contributed by atoms with Crippen molar-refractivity contribution in [1.82, 2.24) is 9.38 Å². The second-order valence-electron chi connectivity index (χ2n) is 7.04. The average molecular weight is 407 g/mol. The van der Waals surface area contributed by atoms with E-state index < -0.39 is 5.97 Å². The van der Waals surface area contributed by atoms with Gasteiger partial charge >= 0.3 is 5.97 Å². The van der Waals surface area contributed by atoms with Crippen LogP contribution in [-0.2, 0) is 6.61 Å². The highest BCUT2D eigenvalue weighted by molar-refractivity contribution is 7.15. The number of nitrogens with zero attached hydrogens (tertiary/aromatic N) is 2. The van der Waals surface area contributed by atoms with E-state index in [1.165, 1.54) is 11.3 Å². The van der Waals surface area contributed by atoms with Gasteiger partial charge in [-0.05, 0) is 47.2 Å². The van der Waals surface area contributed by atoms with Gasteiger partial charge in [-0.15, -0.1) is 11.3 Å². The molecule has 2 aromatic carbocycles. The number of carboxylic acid groups (broad SMARTS) is 1. The summed E-state index contributed by atoms with van der Waals surface area (Å²) in [6.45, 7) is 4.88. The van der Waals surface area contributed by atoms with Crippen LogP contribution in [0.25, 0.3) is 16.2 Å². The fourth-order valence-corrected chi connectivity index (χ4v) is 4.16. The van der Waals surface area contributed by atoms with Gasteiger partial charge in [0.2, 0.25) is 0 Å². The van der Waals surface area contributed by atoms with Crippen LogP contribution < -0.4 is 4.74 Å². The second kappa shape index (κ2) is 8.09. The molecule has 0 radical (unpaired) electrons. The molecule has 0 spiro atoms. The first-order chi connectivity index (χ1) is 14.1. The molecule has 148 valence electrons. The molecule has 4 rings (SSSR count). The zero-order valence-electron chi connectivity index (χ0n) is 16.3. The highest BCUT2D eigenvalue weighted by Crippen LogP contribution is 2.35. The molecule has 0 aliphatic rings. The Morgan fingerprint density at radius 1 is 1.24 bits per heavy atom. The van der Waals surface area contributed by atoms with Crippen molar-refractivity contribution in [2.75, 3.05) is 0 Å². The number of hydrogen-bond donors (Lipinski definition) is 1. The van der Waals surface area contributed by atoms with Gasteiger partial charge in [0, 0.05) is 11.6 Å². The van der Waals surface area contributed by atoms with Gasteiger partial charge in [-0.25, -0.2) is 9.78 Å². The van der Waals surface area contributed by atoms with Crippen molar-refractivity contribution in [3.8, 4) is 17.0 Å². The lowest BCUT2D eigenvalue weighted by molar-refractivity contribution is 0.0691. The molecule has 6 heteroatoms. The molecule has 2 aromatic heterocycles. The summed E-state index contributed by atoms with van der Waals surface area (Å²) in [4.78, 5) is 16.1. The molecule has 1 N–H and O–H groups in total. The molecule has 0 saturated heterocycles. The predicted molar refractivity (Wildman–Crippen MR) is 115 cm³/mol. The van der Waals surface area contributed by atoms with Crippen LogP contribution in [0.1, 0.15) is 47.8 Å². The molecular formula is C23H22N2O3S. The third-order valence-corrected chi connectivity index (χ3v) is 5.95. The van der Waals surface area contributed by atoms with Gasteiger partial charge in [-0.2, -0.15) is 0 Å². The lowest BCUT2D eigenvalue weighted by atomic mass is 9.95. The zero-order chi connectivity index (χ0) is 20.4. The van der Waals surface area contributed by atoms with E-state index in [-0.39, 0.29) is 5.69 Å². The number of carbonyl (C=O) groups is 1. The Bertz CT molecular complexity index is 1150. The zero-order valence-corrected chi connectivity index (χ0v) is 17.1. The Morgan fingerprint density at radius 2 is 2.03 bits per heavy atom. The Balaban J connectivity index is 1.69. The standard InChI is InChI=1S/C23H22N2O3S/c1-3-15(2)18-11-17(9-10-21(18)28-13-16-7-5-4-6-8-16)20-14-29-23-24-19(22(26)27)12-25(20)23/h4-12,14-15H,3,13H2,1-2H3,(H,26,27). The number of thiazole rings is 1. The first-order valence-electron chi connectivity index (χ1n) is 9.57. The van der Waals surface area contributed by atoms with Gasteiger partial charge in [0.1, 0.15) is 12.4 Å². The van der Waals surface area contributed by atoms with Gasteiger partial charge < -0.3 is 9.84 Å². The molecule has 0 aliphatic carbocycles. The molecule has 4 aromatic rings. The molecule has 0 aliphatic heterocycles. The Labute approximate surface area is 173 Å². The molecular weight excluding hydrogens is 384 g/mol. The van der Waals surface area contributed by atoms with Crippen molar-refractivity contribution < 1.29 is 14.6 Å². The molecule has 1 atom stereocenters. The summed E-state index contributed by atoms with van der Waals surface area (Å²) in [5, 5.41) is 11.2. The van der Waals surface area contributed by atoms with Gasteiger partial charge in [-0.3, -0.25) is 4.40 Å². The predicted octanol–water partition coefficient (Wildman–Crippen LogP) is 5.85. The van der Waals surface area contributed by atoms with E-state index in [9.17, 15) is 9.90 Å². The monoisotopic (exact) mass is 406 g/mol. The summed E-state index contributed by atoms with van der Waals surface area (Å²) in [5.74, 6) is 0.208. The average Bonchev–Trinajstić information content (AvgIpc) is 3.33. The molecule has 0 fully saturated rings. The van der Waals surface area contributed by atoms with E-state index in [0.29, 0.717) is 17.5 Å². The van der Waals surface area contributed by atoms with Crippen molar-refractivity contribution in [1.29, 1.82) is 0 Å². The third-order valence-electron chi connectivity index (χ3n) is 5.11.